The molecule has 142 valence electrons. The molecule has 0 saturated carbocycles. The van der Waals surface area contributed by atoms with Crippen molar-refractivity contribution in [2.45, 2.75) is 0 Å². The molecule has 4 aromatic rings. The second-order valence-electron chi connectivity index (χ2n) is 5.92. The maximum Gasteiger partial charge on any atom is 0.261 e. The molecule has 1 amide bonds. The van der Waals surface area contributed by atoms with Gasteiger partial charge >= 0.3 is 0 Å². The number of benzene rings is 3. The highest BCUT2D eigenvalue weighted by molar-refractivity contribution is 9.10. The summed E-state index contributed by atoms with van der Waals surface area (Å²) in [5.74, 6) is 0.735. The van der Waals surface area contributed by atoms with E-state index >= 15 is 0 Å². The summed E-state index contributed by atoms with van der Waals surface area (Å²) in [6.45, 7) is 0. The lowest BCUT2D eigenvalue weighted by atomic mass is 10.1. The molecule has 0 unspecified atom stereocenters. The van der Waals surface area contributed by atoms with Gasteiger partial charge in [-0.15, -0.1) is 0 Å². The first kappa shape index (κ1) is 19.0. The second-order valence-corrected chi connectivity index (χ2v) is 8.15. The van der Waals surface area contributed by atoms with Gasteiger partial charge in [-0.3, -0.25) is 10.1 Å². The van der Waals surface area contributed by atoms with Gasteiger partial charge in [0.1, 0.15) is 11.5 Å². The SMILES string of the molecule is COc1cc2sc(NC(=O)c3cc4ccccc4c(Br)c3OC)nc2cc1Cl. The van der Waals surface area contributed by atoms with Gasteiger partial charge in [-0.1, -0.05) is 47.2 Å². The van der Waals surface area contributed by atoms with Gasteiger partial charge in [0.05, 0.1) is 39.5 Å². The molecule has 1 N–H and O–H groups in total. The highest BCUT2D eigenvalue weighted by atomic mass is 79.9. The van der Waals surface area contributed by atoms with Gasteiger partial charge in [-0.05, 0) is 38.8 Å². The molecule has 0 radical (unpaired) electrons. The molecule has 0 aliphatic heterocycles. The van der Waals surface area contributed by atoms with Gasteiger partial charge in [0.25, 0.3) is 5.91 Å². The van der Waals surface area contributed by atoms with Crippen LogP contribution in [0, 0.1) is 0 Å². The van der Waals surface area contributed by atoms with Gasteiger partial charge in [0, 0.05) is 6.07 Å². The highest BCUT2D eigenvalue weighted by Gasteiger charge is 2.19. The van der Waals surface area contributed by atoms with E-state index in [4.69, 9.17) is 21.1 Å². The van der Waals surface area contributed by atoms with Gasteiger partial charge in [0.15, 0.2) is 5.13 Å². The summed E-state index contributed by atoms with van der Waals surface area (Å²) in [5.41, 5.74) is 1.11. The number of nitrogens with zero attached hydrogens (tertiary/aromatic N) is 1. The van der Waals surface area contributed by atoms with Crippen LogP contribution in [0.2, 0.25) is 5.02 Å². The van der Waals surface area contributed by atoms with Crippen molar-refractivity contribution in [3.05, 3.63) is 57.5 Å². The molecule has 0 atom stereocenters. The first-order valence-electron chi connectivity index (χ1n) is 8.22. The molecule has 4 rings (SSSR count). The summed E-state index contributed by atoms with van der Waals surface area (Å²) in [7, 11) is 3.10. The fraction of sp³-hybridized carbons (Fsp3) is 0.100. The van der Waals surface area contributed by atoms with Gasteiger partial charge < -0.3 is 9.47 Å². The van der Waals surface area contributed by atoms with Crippen molar-refractivity contribution in [2.24, 2.45) is 0 Å². The van der Waals surface area contributed by atoms with Crippen LogP contribution < -0.4 is 14.8 Å². The Bertz CT molecular complexity index is 1230. The Morgan fingerprint density at radius 1 is 1.18 bits per heavy atom. The number of halogens is 2. The molecular formula is C20H14BrClN2O3S. The number of thiazole rings is 1. The first-order valence-corrected chi connectivity index (χ1v) is 10.2. The summed E-state index contributed by atoms with van der Waals surface area (Å²) in [6.07, 6.45) is 0. The van der Waals surface area contributed by atoms with Crippen molar-refractivity contribution < 1.29 is 14.3 Å². The van der Waals surface area contributed by atoms with Crippen molar-refractivity contribution in [2.75, 3.05) is 19.5 Å². The third kappa shape index (κ3) is 3.30. The Morgan fingerprint density at radius 3 is 2.71 bits per heavy atom. The number of methoxy groups -OCH3 is 2. The Kier molecular flexibility index (Phi) is 5.14. The number of hydrogen-bond donors (Lipinski definition) is 1. The molecule has 1 aromatic heterocycles. The van der Waals surface area contributed by atoms with E-state index in [1.807, 2.05) is 30.3 Å². The number of fused-ring (bicyclic) bond motifs is 2. The molecular weight excluding hydrogens is 464 g/mol. The monoisotopic (exact) mass is 476 g/mol. The lowest BCUT2D eigenvalue weighted by Crippen LogP contribution is -2.13. The van der Waals surface area contributed by atoms with Crippen LogP contribution in [0.4, 0.5) is 5.13 Å². The van der Waals surface area contributed by atoms with Crippen LogP contribution in [0.15, 0.2) is 46.9 Å². The molecule has 0 saturated heterocycles. The number of rotatable bonds is 4. The molecule has 0 spiro atoms. The Morgan fingerprint density at radius 2 is 1.96 bits per heavy atom. The number of anilines is 1. The number of hydrogen-bond acceptors (Lipinski definition) is 5. The normalized spacial score (nSPS) is 11.0. The molecule has 8 heteroatoms. The van der Waals surface area contributed by atoms with Crippen LogP contribution in [-0.4, -0.2) is 25.1 Å². The number of amides is 1. The number of nitrogens with one attached hydrogen (secondary N) is 1. The van der Waals surface area contributed by atoms with Crippen molar-refractivity contribution in [3.8, 4) is 11.5 Å². The minimum Gasteiger partial charge on any atom is -0.495 e. The molecule has 1 heterocycles. The predicted octanol–water partition coefficient (Wildman–Crippen LogP) is 6.13. The smallest absolute Gasteiger partial charge is 0.261 e. The minimum atomic E-state index is -0.305. The van der Waals surface area contributed by atoms with Crippen molar-refractivity contribution in [1.82, 2.24) is 4.98 Å². The molecule has 0 aliphatic carbocycles. The zero-order chi connectivity index (χ0) is 19.8. The predicted molar refractivity (Wildman–Crippen MR) is 117 cm³/mol. The van der Waals surface area contributed by atoms with E-state index in [0.29, 0.717) is 32.7 Å². The molecule has 0 fully saturated rings. The summed E-state index contributed by atoms with van der Waals surface area (Å²) < 4.78 is 12.3. The quantitative estimate of drug-likeness (QED) is 0.384. The maximum absolute atomic E-state index is 13.0. The molecule has 0 aliphatic rings. The van der Waals surface area contributed by atoms with Crippen molar-refractivity contribution >= 4 is 70.9 Å². The van der Waals surface area contributed by atoms with E-state index in [-0.39, 0.29) is 5.91 Å². The third-order valence-electron chi connectivity index (χ3n) is 4.27. The fourth-order valence-corrected chi connectivity index (χ4v) is 4.80. The minimum absolute atomic E-state index is 0.305. The van der Waals surface area contributed by atoms with E-state index in [1.165, 1.54) is 18.4 Å². The van der Waals surface area contributed by atoms with Crippen LogP contribution in [0.25, 0.3) is 21.0 Å². The fourth-order valence-electron chi connectivity index (χ4n) is 2.96. The zero-order valence-corrected chi connectivity index (χ0v) is 18.0. The van der Waals surface area contributed by atoms with E-state index in [0.717, 1.165) is 19.9 Å². The maximum atomic E-state index is 13.0. The summed E-state index contributed by atoms with van der Waals surface area (Å²) in [6, 6.07) is 13.1. The van der Waals surface area contributed by atoms with Crippen molar-refractivity contribution in [1.29, 1.82) is 0 Å². The number of ether oxygens (including phenoxy) is 2. The van der Waals surface area contributed by atoms with Crippen LogP contribution in [-0.2, 0) is 0 Å². The zero-order valence-electron chi connectivity index (χ0n) is 14.9. The van der Waals surface area contributed by atoms with Gasteiger partial charge in [-0.25, -0.2) is 4.98 Å². The van der Waals surface area contributed by atoms with Crippen LogP contribution in [0.1, 0.15) is 10.4 Å². The van der Waals surface area contributed by atoms with E-state index in [1.54, 1.807) is 19.2 Å². The van der Waals surface area contributed by atoms with E-state index in [2.05, 4.69) is 26.2 Å². The number of carbonyl (C=O) groups excluding carboxylic acids is 1. The average molecular weight is 478 g/mol. The molecule has 28 heavy (non-hydrogen) atoms. The Hall–Kier alpha value is -2.35. The lowest BCUT2D eigenvalue weighted by Gasteiger charge is -2.12. The molecule has 5 nitrogen and oxygen atoms in total. The number of carbonyl (C=O) groups is 1. The van der Waals surface area contributed by atoms with Crippen LogP contribution in [0.3, 0.4) is 0 Å². The van der Waals surface area contributed by atoms with Gasteiger partial charge in [0.2, 0.25) is 0 Å². The lowest BCUT2D eigenvalue weighted by molar-refractivity contribution is 0.102. The third-order valence-corrected chi connectivity index (χ3v) is 6.29. The van der Waals surface area contributed by atoms with Crippen LogP contribution in [0.5, 0.6) is 11.5 Å². The van der Waals surface area contributed by atoms with Gasteiger partial charge in [-0.2, -0.15) is 0 Å². The highest BCUT2D eigenvalue weighted by Crippen LogP contribution is 2.38. The Labute approximate surface area is 178 Å². The topological polar surface area (TPSA) is 60.5 Å². The Balaban J connectivity index is 1.73. The van der Waals surface area contributed by atoms with Crippen LogP contribution >= 0.6 is 38.9 Å². The average Bonchev–Trinajstić information content (AvgIpc) is 3.08. The number of aromatic nitrogens is 1. The van der Waals surface area contributed by atoms with E-state index in [9.17, 15) is 4.79 Å². The first-order chi connectivity index (χ1) is 13.5. The van der Waals surface area contributed by atoms with Crippen molar-refractivity contribution in [3.63, 3.8) is 0 Å². The second kappa shape index (κ2) is 7.58. The summed E-state index contributed by atoms with van der Waals surface area (Å²) in [5, 5.41) is 5.70. The van der Waals surface area contributed by atoms with E-state index < -0.39 is 0 Å². The molecule has 0 bridgehead atoms. The largest absolute Gasteiger partial charge is 0.495 e. The summed E-state index contributed by atoms with van der Waals surface area (Å²) in [4.78, 5) is 17.4. The standard InChI is InChI=1S/C20H14BrClN2O3S/c1-26-15-9-16-14(8-13(15)22)23-20(28-16)24-19(25)12-7-10-5-3-4-6-11(10)17(21)18(12)27-2/h3-9H,1-2H3,(H,23,24,25). The molecule has 3 aromatic carbocycles. The summed E-state index contributed by atoms with van der Waals surface area (Å²) >= 11 is 11.1.